The number of hydrogen-bond donors (Lipinski definition) is 0. The van der Waals surface area contributed by atoms with Crippen LogP contribution in [-0.2, 0) is 17.3 Å². The Morgan fingerprint density at radius 2 is 2.12 bits per heavy atom. The molecule has 0 saturated heterocycles. The number of aromatic nitrogens is 2. The number of aryl methyl sites for hydroxylation is 1. The van der Waals surface area contributed by atoms with Gasteiger partial charge in [0.1, 0.15) is 12.6 Å². The summed E-state index contributed by atoms with van der Waals surface area (Å²) in [5.41, 5.74) is 0.910. The molecular formula is C11H21ClN2OSi. The minimum atomic E-state index is -0.982. The summed E-state index contributed by atoms with van der Waals surface area (Å²) in [6.45, 7) is 10.4. The maximum absolute atomic E-state index is 5.72. The van der Waals surface area contributed by atoms with E-state index in [1.54, 1.807) is 0 Å². The molecule has 1 heterocycles. The van der Waals surface area contributed by atoms with Crippen molar-refractivity contribution in [3.63, 3.8) is 0 Å². The van der Waals surface area contributed by atoms with Crippen LogP contribution >= 0.6 is 11.6 Å². The molecule has 3 nitrogen and oxygen atoms in total. The Kier molecular flexibility index (Phi) is 5.02. The van der Waals surface area contributed by atoms with Gasteiger partial charge in [-0.3, -0.25) is 0 Å². The lowest BCUT2D eigenvalue weighted by atomic mass is 10.6. The average Bonchev–Trinajstić information content (AvgIpc) is 2.53. The van der Waals surface area contributed by atoms with Gasteiger partial charge in [-0.1, -0.05) is 19.6 Å². The van der Waals surface area contributed by atoms with Crippen molar-refractivity contribution in [1.29, 1.82) is 0 Å². The minimum absolute atomic E-state index is 0.461. The van der Waals surface area contributed by atoms with E-state index in [2.05, 4.69) is 24.6 Å². The van der Waals surface area contributed by atoms with Gasteiger partial charge >= 0.3 is 0 Å². The summed E-state index contributed by atoms with van der Waals surface area (Å²) in [6.07, 6.45) is 1.96. The summed E-state index contributed by atoms with van der Waals surface area (Å²) >= 11 is 5.72. The van der Waals surface area contributed by atoms with E-state index in [9.17, 15) is 0 Å². The van der Waals surface area contributed by atoms with Gasteiger partial charge in [0.05, 0.1) is 11.6 Å². The van der Waals surface area contributed by atoms with Crippen LogP contribution in [0.4, 0.5) is 0 Å². The van der Waals surface area contributed by atoms with E-state index in [-0.39, 0.29) is 0 Å². The molecule has 0 aromatic carbocycles. The first-order valence-corrected chi connectivity index (χ1v) is 9.83. The third-order valence-electron chi connectivity index (χ3n) is 2.39. The predicted molar refractivity (Wildman–Crippen MR) is 70.6 cm³/mol. The number of rotatable bonds is 6. The molecule has 16 heavy (non-hydrogen) atoms. The second-order valence-electron chi connectivity index (χ2n) is 5.23. The van der Waals surface area contributed by atoms with E-state index < -0.39 is 8.07 Å². The van der Waals surface area contributed by atoms with Crippen molar-refractivity contribution in [1.82, 2.24) is 9.55 Å². The zero-order valence-electron chi connectivity index (χ0n) is 10.6. The van der Waals surface area contributed by atoms with Gasteiger partial charge in [-0.25, -0.2) is 4.98 Å². The van der Waals surface area contributed by atoms with Gasteiger partial charge < -0.3 is 9.30 Å². The molecule has 1 aromatic rings. The highest BCUT2D eigenvalue weighted by molar-refractivity contribution is 6.76. The SMILES string of the molecule is Cc1nc(CCl)cn1COCC[Si](C)(C)C. The Hall–Kier alpha value is -0.323. The second-order valence-corrected chi connectivity index (χ2v) is 11.1. The lowest BCUT2D eigenvalue weighted by Crippen LogP contribution is -2.22. The number of halogens is 1. The van der Waals surface area contributed by atoms with Crippen molar-refractivity contribution < 1.29 is 4.74 Å². The smallest absolute Gasteiger partial charge is 0.123 e. The molecule has 0 bridgehead atoms. The Bertz CT molecular complexity index is 333. The number of hydrogen-bond acceptors (Lipinski definition) is 2. The van der Waals surface area contributed by atoms with Gasteiger partial charge in [-0.15, -0.1) is 11.6 Å². The Morgan fingerprint density at radius 1 is 1.44 bits per heavy atom. The third-order valence-corrected chi connectivity index (χ3v) is 4.37. The molecule has 0 fully saturated rings. The molecule has 0 spiro atoms. The summed E-state index contributed by atoms with van der Waals surface area (Å²) in [5, 5.41) is 0. The maximum Gasteiger partial charge on any atom is 0.123 e. The number of imidazole rings is 1. The fourth-order valence-corrected chi connectivity index (χ4v) is 2.20. The molecule has 0 unspecified atom stereocenters. The molecule has 5 heteroatoms. The largest absolute Gasteiger partial charge is 0.361 e. The third kappa shape index (κ3) is 4.68. The van der Waals surface area contributed by atoms with Crippen molar-refractivity contribution in [2.75, 3.05) is 6.61 Å². The normalized spacial score (nSPS) is 12.1. The van der Waals surface area contributed by atoms with Gasteiger partial charge in [-0.05, 0) is 13.0 Å². The first-order chi connectivity index (χ1) is 7.42. The molecular weight excluding hydrogens is 240 g/mol. The second kappa shape index (κ2) is 5.84. The Balaban J connectivity index is 2.34. The summed E-state index contributed by atoms with van der Waals surface area (Å²) in [4.78, 5) is 4.32. The molecule has 0 aliphatic rings. The summed E-state index contributed by atoms with van der Waals surface area (Å²) in [7, 11) is -0.982. The lowest BCUT2D eigenvalue weighted by Gasteiger charge is -2.15. The molecule has 1 rings (SSSR count). The van der Waals surface area contributed by atoms with Crippen LogP contribution in [0.3, 0.4) is 0 Å². The first-order valence-electron chi connectivity index (χ1n) is 5.59. The van der Waals surface area contributed by atoms with Gasteiger partial charge in [0.2, 0.25) is 0 Å². The van der Waals surface area contributed by atoms with Crippen LogP contribution in [0, 0.1) is 6.92 Å². The van der Waals surface area contributed by atoms with E-state index in [0.717, 1.165) is 18.1 Å². The van der Waals surface area contributed by atoms with Gasteiger partial charge in [0.25, 0.3) is 0 Å². The number of ether oxygens (including phenoxy) is 1. The molecule has 92 valence electrons. The molecule has 0 N–H and O–H groups in total. The van der Waals surface area contributed by atoms with Crippen molar-refractivity contribution in [2.45, 2.75) is 45.2 Å². The quantitative estimate of drug-likeness (QED) is 0.446. The van der Waals surface area contributed by atoms with Crippen LogP contribution in [0.2, 0.25) is 25.7 Å². The molecule has 0 amide bonds. The fourth-order valence-electron chi connectivity index (χ4n) is 1.31. The molecule has 0 saturated carbocycles. The highest BCUT2D eigenvalue weighted by Gasteiger charge is 2.12. The van der Waals surface area contributed by atoms with Crippen molar-refractivity contribution in [3.8, 4) is 0 Å². The number of alkyl halides is 1. The minimum Gasteiger partial charge on any atom is -0.361 e. The Morgan fingerprint density at radius 3 is 2.62 bits per heavy atom. The molecule has 0 aliphatic heterocycles. The van der Waals surface area contributed by atoms with E-state index in [0.29, 0.717) is 12.6 Å². The highest BCUT2D eigenvalue weighted by Crippen LogP contribution is 2.09. The topological polar surface area (TPSA) is 27.1 Å². The molecule has 0 radical (unpaired) electrons. The van der Waals surface area contributed by atoms with Crippen molar-refractivity contribution >= 4 is 19.7 Å². The molecule has 0 aliphatic carbocycles. The maximum atomic E-state index is 5.72. The summed E-state index contributed by atoms with van der Waals surface area (Å²) < 4.78 is 7.65. The van der Waals surface area contributed by atoms with E-state index in [1.807, 2.05) is 17.7 Å². The van der Waals surface area contributed by atoms with Gasteiger partial charge in [-0.2, -0.15) is 0 Å². The van der Waals surface area contributed by atoms with Crippen LogP contribution in [-0.4, -0.2) is 24.2 Å². The average molecular weight is 261 g/mol. The molecule has 1 aromatic heterocycles. The van der Waals surface area contributed by atoms with Crippen LogP contribution in [0.25, 0.3) is 0 Å². The van der Waals surface area contributed by atoms with Crippen LogP contribution in [0.1, 0.15) is 11.5 Å². The van der Waals surface area contributed by atoms with Gasteiger partial charge in [0.15, 0.2) is 0 Å². The van der Waals surface area contributed by atoms with Crippen molar-refractivity contribution in [3.05, 3.63) is 17.7 Å². The summed E-state index contributed by atoms with van der Waals surface area (Å²) in [6, 6.07) is 1.20. The first kappa shape index (κ1) is 13.7. The predicted octanol–water partition coefficient (Wildman–Crippen LogP) is 3.24. The van der Waals surface area contributed by atoms with Gasteiger partial charge in [0, 0.05) is 20.9 Å². The highest BCUT2D eigenvalue weighted by atomic mass is 35.5. The van der Waals surface area contributed by atoms with Crippen LogP contribution < -0.4 is 0 Å². The summed E-state index contributed by atoms with van der Waals surface area (Å²) in [5.74, 6) is 1.42. The van der Waals surface area contributed by atoms with E-state index in [1.165, 1.54) is 6.04 Å². The van der Waals surface area contributed by atoms with E-state index in [4.69, 9.17) is 16.3 Å². The van der Waals surface area contributed by atoms with Crippen LogP contribution in [0.5, 0.6) is 0 Å². The number of nitrogens with zero attached hydrogens (tertiary/aromatic N) is 2. The molecule has 0 atom stereocenters. The standard InChI is InChI=1S/C11H21ClN2OSi/c1-10-13-11(7-12)8-14(10)9-15-5-6-16(2,3)4/h8H,5-7,9H2,1-4H3. The zero-order valence-corrected chi connectivity index (χ0v) is 12.3. The van der Waals surface area contributed by atoms with Crippen LogP contribution in [0.15, 0.2) is 6.20 Å². The van der Waals surface area contributed by atoms with E-state index >= 15 is 0 Å². The lowest BCUT2D eigenvalue weighted by molar-refractivity contribution is 0.0857. The Labute approximate surface area is 104 Å². The zero-order chi connectivity index (χ0) is 12.2. The monoisotopic (exact) mass is 260 g/mol. The van der Waals surface area contributed by atoms with Crippen molar-refractivity contribution in [2.24, 2.45) is 0 Å². The fraction of sp³-hybridized carbons (Fsp3) is 0.727.